The molecule has 2 N–H and O–H groups in total. The van der Waals surface area contributed by atoms with Gasteiger partial charge in [-0.05, 0) is 23.3 Å². The van der Waals surface area contributed by atoms with Gasteiger partial charge in [0.15, 0.2) is 0 Å². The lowest BCUT2D eigenvalue weighted by molar-refractivity contribution is 0.184. The number of fused-ring (bicyclic) bond motifs is 1. The minimum atomic E-state index is 0.633. The summed E-state index contributed by atoms with van der Waals surface area (Å²) in [5.74, 6) is 0. The minimum absolute atomic E-state index is 0.633. The highest BCUT2D eigenvalue weighted by Crippen LogP contribution is 2.22. The first kappa shape index (κ1) is 12.7. The summed E-state index contributed by atoms with van der Waals surface area (Å²) in [4.78, 5) is 0. The number of benzene rings is 2. The standard InChI is InChI=1S/C16H17N3O/c1-20-11-13-6-3-2-5-12(13)9-17-15-7-4-8-16-14(15)10-18-19-16/h2-8,10,17H,9,11H2,1H3,(H,18,19). The van der Waals surface area contributed by atoms with E-state index in [4.69, 9.17) is 4.74 Å². The van der Waals surface area contributed by atoms with Crippen LogP contribution in [0, 0.1) is 0 Å². The maximum Gasteiger partial charge on any atom is 0.0716 e. The number of ether oxygens (including phenoxy) is 1. The molecule has 0 saturated carbocycles. The zero-order valence-corrected chi connectivity index (χ0v) is 11.4. The molecule has 2 aromatic carbocycles. The Balaban J connectivity index is 1.81. The van der Waals surface area contributed by atoms with Crippen LogP contribution in [0.25, 0.3) is 10.9 Å². The van der Waals surface area contributed by atoms with Crippen LogP contribution in [0.4, 0.5) is 5.69 Å². The predicted molar refractivity (Wildman–Crippen MR) is 80.6 cm³/mol. The Labute approximate surface area is 117 Å². The number of hydrogen-bond donors (Lipinski definition) is 2. The van der Waals surface area contributed by atoms with Crippen LogP contribution in [-0.2, 0) is 17.9 Å². The number of hydrogen-bond acceptors (Lipinski definition) is 3. The van der Waals surface area contributed by atoms with Crippen LogP contribution in [0.5, 0.6) is 0 Å². The Bertz CT molecular complexity index is 706. The quantitative estimate of drug-likeness (QED) is 0.745. The topological polar surface area (TPSA) is 49.9 Å². The molecule has 3 aromatic rings. The normalized spacial score (nSPS) is 10.8. The Morgan fingerprint density at radius 2 is 1.95 bits per heavy atom. The van der Waals surface area contributed by atoms with Crippen LogP contribution < -0.4 is 5.32 Å². The summed E-state index contributed by atoms with van der Waals surface area (Å²) in [6.07, 6.45) is 1.85. The molecule has 0 aliphatic rings. The fraction of sp³-hybridized carbons (Fsp3) is 0.188. The Kier molecular flexibility index (Phi) is 3.65. The van der Waals surface area contributed by atoms with E-state index in [0.717, 1.165) is 23.1 Å². The van der Waals surface area contributed by atoms with Crippen molar-refractivity contribution in [2.45, 2.75) is 13.2 Å². The summed E-state index contributed by atoms with van der Waals surface area (Å²) < 4.78 is 5.24. The third kappa shape index (κ3) is 2.51. The first-order valence-electron chi connectivity index (χ1n) is 6.60. The van der Waals surface area contributed by atoms with Gasteiger partial charge >= 0.3 is 0 Å². The molecule has 0 atom stereocenters. The van der Waals surface area contributed by atoms with Crippen molar-refractivity contribution < 1.29 is 4.74 Å². The van der Waals surface area contributed by atoms with E-state index >= 15 is 0 Å². The molecule has 0 amide bonds. The molecule has 102 valence electrons. The number of H-pyrrole nitrogens is 1. The zero-order chi connectivity index (χ0) is 13.8. The molecule has 0 radical (unpaired) electrons. The molecule has 0 spiro atoms. The van der Waals surface area contributed by atoms with Crippen LogP contribution >= 0.6 is 0 Å². The number of aromatic amines is 1. The highest BCUT2D eigenvalue weighted by molar-refractivity contribution is 5.90. The summed E-state index contributed by atoms with van der Waals surface area (Å²) in [5, 5.41) is 11.6. The van der Waals surface area contributed by atoms with Crippen molar-refractivity contribution in [3.8, 4) is 0 Å². The number of nitrogens with one attached hydrogen (secondary N) is 2. The lowest BCUT2D eigenvalue weighted by Crippen LogP contribution is -2.03. The van der Waals surface area contributed by atoms with Gasteiger partial charge in [0.1, 0.15) is 0 Å². The van der Waals surface area contributed by atoms with Crippen LogP contribution in [0.2, 0.25) is 0 Å². The van der Waals surface area contributed by atoms with Crippen LogP contribution in [0.1, 0.15) is 11.1 Å². The first-order chi connectivity index (χ1) is 9.88. The van der Waals surface area contributed by atoms with Crippen LogP contribution in [0.3, 0.4) is 0 Å². The Morgan fingerprint density at radius 3 is 2.80 bits per heavy atom. The third-order valence-corrected chi connectivity index (χ3v) is 3.37. The second-order valence-corrected chi connectivity index (χ2v) is 4.69. The highest BCUT2D eigenvalue weighted by atomic mass is 16.5. The van der Waals surface area contributed by atoms with Gasteiger partial charge in [0.05, 0.1) is 18.3 Å². The predicted octanol–water partition coefficient (Wildman–Crippen LogP) is 3.32. The maximum absolute atomic E-state index is 5.24. The largest absolute Gasteiger partial charge is 0.380 e. The van der Waals surface area contributed by atoms with E-state index in [1.54, 1.807) is 7.11 Å². The molecule has 0 unspecified atom stereocenters. The van der Waals surface area contributed by atoms with Gasteiger partial charge in [0.25, 0.3) is 0 Å². The van der Waals surface area contributed by atoms with Gasteiger partial charge in [0.2, 0.25) is 0 Å². The molecule has 0 aliphatic carbocycles. The molecule has 0 saturated heterocycles. The fourth-order valence-electron chi connectivity index (χ4n) is 2.34. The molecule has 1 heterocycles. The van der Waals surface area contributed by atoms with E-state index in [-0.39, 0.29) is 0 Å². The van der Waals surface area contributed by atoms with Crippen molar-refractivity contribution in [3.63, 3.8) is 0 Å². The van der Waals surface area contributed by atoms with E-state index in [1.807, 2.05) is 24.4 Å². The van der Waals surface area contributed by atoms with Crippen LogP contribution in [-0.4, -0.2) is 17.3 Å². The SMILES string of the molecule is COCc1ccccc1CNc1cccc2[nH]ncc12. The van der Waals surface area contributed by atoms with Crippen molar-refractivity contribution in [1.82, 2.24) is 10.2 Å². The molecule has 0 fully saturated rings. The summed E-state index contributed by atoms with van der Waals surface area (Å²) in [5.41, 5.74) is 4.58. The Morgan fingerprint density at radius 1 is 1.10 bits per heavy atom. The second kappa shape index (κ2) is 5.75. The highest BCUT2D eigenvalue weighted by Gasteiger charge is 2.04. The molecule has 20 heavy (non-hydrogen) atoms. The molecule has 1 aromatic heterocycles. The van der Waals surface area contributed by atoms with Gasteiger partial charge in [-0.3, -0.25) is 5.10 Å². The number of rotatable bonds is 5. The smallest absolute Gasteiger partial charge is 0.0716 e. The summed E-state index contributed by atoms with van der Waals surface area (Å²) in [6, 6.07) is 14.4. The zero-order valence-electron chi connectivity index (χ0n) is 11.4. The molecule has 4 heteroatoms. The van der Waals surface area contributed by atoms with Crippen LogP contribution in [0.15, 0.2) is 48.7 Å². The van der Waals surface area contributed by atoms with Crippen molar-refractivity contribution in [2.24, 2.45) is 0 Å². The number of aromatic nitrogens is 2. The number of nitrogens with zero attached hydrogens (tertiary/aromatic N) is 1. The summed E-state index contributed by atoms with van der Waals surface area (Å²) >= 11 is 0. The van der Waals surface area contributed by atoms with Crippen molar-refractivity contribution >= 4 is 16.6 Å². The van der Waals surface area contributed by atoms with E-state index in [2.05, 4.69) is 39.8 Å². The Hall–Kier alpha value is -2.33. The third-order valence-electron chi connectivity index (χ3n) is 3.37. The lowest BCUT2D eigenvalue weighted by atomic mass is 10.1. The van der Waals surface area contributed by atoms with E-state index in [1.165, 1.54) is 11.1 Å². The monoisotopic (exact) mass is 267 g/mol. The van der Waals surface area contributed by atoms with Crippen molar-refractivity contribution in [1.29, 1.82) is 0 Å². The first-order valence-corrected chi connectivity index (χ1v) is 6.60. The number of methoxy groups -OCH3 is 1. The molecular weight excluding hydrogens is 250 g/mol. The molecule has 4 nitrogen and oxygen atoms in total. The van der Waals surface area contributed by atoms with E-state index < -0.39 is 0 Å². The average molecular weight is 267 g/mol. The maximum atomic E-state index is 5.24. The van der Waals surface area contributed by atoms with Crippen molar-refractivity contribution in [3.05, 3.63) is 59.8 Å². The fourth-order valence-corrected chi connectivity index (χ4v) is 2.34. The minimum Gasteiger partial charge on any atom is -0.380 e. The number of anilines is 1. The second-order valence-electron chi connectivity index (χ2n) is 4.69. The average Bonchev–Trinajstić information content (AvgIpc) is 2.96. The molecule has 0 aliphatic heterocycles. The lowest BCUT2D eigenvalue weighted by Gasteiger charge is -2.11. The molecule has 3 rings (SSSR count). The molecule has 0 bridgehead atoms. The van der Waals surface area contributed by atoms with E-state index in [9.17, 15) is 0 Å². The van der Waals surface area contributed by atoms with Gasteiger partial charge in [-0.1, -0.05) is 30.3 Å². The molecular formula is C16H17N3O. The summed E-state index contributed by atoms with van der Waals surface area (Å²) in [7, 11) is 1.72. The van der Waals surface area contributed by atoms with Gasteiger partial charge in [-0.15, -0.1) is 0 Å². The van der Waals surface area contributed by atoms with Gasteiger partial charge < -0.3 is 10.1 Å². The van der Waals surface area contributed by atoms with Gasteiger partial charge in [-0.25, -0.2) is 0 Å². The summed E-state index contributed by atoms with van der Waals surface area (Å²) in [6.45, 7) is 1.40. The van der Waals surface area contributed by atoms with E-state index in [0.29, 0.717) is 6.61 Å². The van der Waals surface area contributed by atoms with Gasteiger partial charge in [-0.2, -0.15) is 5.10 Å². The van der Waals surface area contributed by atoms with Gasteiger partial charge in [0, 0.05) is 24.7 Å². The van der Waals surface area contributed by atoms with Crippen molar-refractivity contribution in [2.75, 3.05) is 12.4 Å².